The normalized spacial score (nSPS) is 16.9. The number of ether oxygens (including phenoxy) is 1. The second-order valence-electron chi connectivity index (χ2n) is 5.13. The largest absolute Gasteiger partial charge is 0.488 e. The molecule has 3 aromatic rings. The van der Waals surface area contributed by atoms with Crippen LogP contribution in [0.3, 0.4) is 0 Å². The van der Waals surface area contributed by atoms with Gasteiger partial charge in [0.15, 0.2) is 5.65 Å². The van der Waals surface area contributed by atoms with Gasteiger partial charge in [-0.1, -0.05) is 29.8 Å². The Morgan fingerprint density at radius 3 is 3.10 bits per heavy atom. The topological polar surface area (TPSA) is 66.0 Å². The summed E-state index contributed by atoms with van der Waals surface area (Å²) in [6.45, 7) is 0.617. The van der Waals surface area contributed by atoms with Crippen molar-refractivity contribution in [3.8, 4) is 5.75 Å². The van der Waals surface area contributed by atoms with Gasteiger partial charge >= 0.3 is 0 Å². The standard InChI is InChI=1S/C15H13ClN4O/c16-10-6-12-14(18-7-10)20(15(17)19-12)8-11-5-9-3-1-2-4-13(9)21-11/h1-4,6-7,11H,5,8H2,(H2,17,19). The third kappa shape index (κ3) is 2.10. The van der Waals surface area contributed by atoms with E-state index in [1.807, 2.05) is 22.8 Å². The minimum atomic E-state index is 0.0413. The molecule has 106 valence electrons. The van der Waals surface area contributed by atoms with Gasteiger partial charge in [0.1, 0.15) is 17.4 Å². The van der Waals surface area contributed by atoms with Gasteiger partial charge in [0.05, 0.1) is 11.6 Å². The van der Waals surface area contributed by atoms with Crippen molar-refractivity contribution in [3.05, 3.63) is 47.1 Å². The zero-order valence-corrected chi connectivity index (χ0v) is 11.9. The molecule has 2 aromatic heterocycles. The lowest BCUT2D eigenvalue weighted by molar-refractivity contribution is 0.211. The van der Waals surface area contributed by atoms with Crippen LogP contribution in [-0.4, -0.2) is 20.6 Å². The van der Waals surface area contributed by atoms with Crippen molar-refractivity contribution in [1.29, 1.82) is 0 Å². The van der Waals surface area contributed by atoms with Crippen LogP contribution in [0.25, 0.3) is 11.2 Å². The summed E-state index contributed by atoms with van der Waals surface area (Å²) < 4.78 is 7.83. The van der Waals surface area contributed by atoms with Crippen molar-refractivity contribution >= 4 is 28.7 Å². The van der Waals surface area contributed by atoms with Crippen molar-refractivity contribution in [3.63, 3.8) is 0 Å². The molecule has 0 amide bonds. The molecule has 4 rings (SSSR count). The SMILES string of the molecule is Nc1nc2cc(Cl)cnc2n1CC1Cc2ccccc2O1. The van der Waals surface area contributed by atoms with E-state index in [-0.39, 0.29) is 6.10 Å². The Labute approximate surface area is 126 Å². The predicted molar refractivity (Wildman–Crippen MR) is 81.5 cm³/mol. The zero-order chi connectivity index (χ0) is 14.4. The number of pyridine rings is 1. The van der Waals surface area contributed by atoms with E-state index in [4.69, 9.17) is 22.1 Å². The van der Waals surface area contributed by atoms with Gasteiger partial charge in [0.25, 0.3) is 0 Å². The molecular weight excluding hydrogens is 288 g/mol. The molecule has 21 heavy (non-hydrogen) atoms. The van der Waals surface area contributed by atoms with Crippen molar-refractivity contribution < 1.29 is 4.74 Å². The number of hydrogen-bond donors (Lipinski definition) is 1. The first-order valence-corrected chi connectivity index (χ1v) is 7.10. The average molecular weight is 301 g/mol. The fourth-order valence-electron chi connectivity index (χ4n) is 2.74. The van der Waals surface area contributed by atoms with Crippen LogP contribution in [0.4, 0.5) is 5.95 Å². The second-order valence-corrected chi connectivity index (χ2v) is 5.57. The molecule has 1 aliphatic rings. The number of nitrogens with zero attached hydrogens (tertiary/aromatic N) is 3. The van der Waals surface area contributed by atoms with Crippen LogP contribution in [0, 0.1) is 0 Å². The summed E-state index contributed by atoms with van der Waals surface area (Å²) >= 11 is 5.93. The summed E-state index contributed by atoms with van der Waals surface area (Å²) in [7, 11) is 0. The Hall–Kier alpha value is -2.27. The first-order chi connectivity index (χ1) is 10.2. The number of fused-ring (bicyclic) bond motifs is 2. The number of rotatable bonds is 2. The van der Waals surface area contributed by atoms with Gasteiger partial charge in [-0.25, -0.2) is 9.97 Å². The van der Waals surface area contributed by atoms with Crippen LogP contribution in [0.5, 0.6) is 5.75 Å². The first-order valence-electron chi connectivity index (χ1n) is 6.72. The Bertz CT molecular complexity index is 805. The van der Waals surface area contributed by atoms with Gasteiger partial charge in [-0.05, 0) is 17.7 Å². The molecule has 1 atom stereocenters. The highest BCUT2D eigenvalue weighted by molar-refractivity contribution is 6.31. The van der Waals surface area contributed by atoms with Crippen molar-refractivity contribution in [1.82, 2.24) is 14.5 Å². The van der Waals surface area contributed by atoms with E-state index in [0.29, 0.717) is 23.0 Å². The van der Waals surface area contributed by atoms with Gasteiger partial charge in [0, 0.05) is 12.6 Å². The van der Waals surface area contributed by atoms with Crippen LogP contribution < -0.4 is 10.5 Å². The lowest BCUT2D eigenvalue weighted by Gasteiger charge is -2.12. The fourth-order valence-corrected chi connectivity index (χ4v) is 2.90. The molecule has 5 nitrogen and oxygen atoms in total. The first kappa shape index (κ1) is 12.5. The maximum atomic E-state index is 6.00. The molecule has 0 spiro atoms. The van der Waals surface area contributed by atoms with E-state index < -0.39 is 0 Å². The summed E-state index contributed by atoms with van der Waals surface area (Å²) in [5.74, 6) is 1.38. The van der Waals surface area contributed by atoms with E-state index in [2.05, 4.69) is 16.0 Å². The smallest absolute Gasteiger partial charge is 0.202 e. The van der Waals surface area contributed by atoms with Gasteiger partial charge in [-0.15, -0.1) is 0 Å². The number of hydrogen-bond acceptors (Lipinski definition) is 4. The predicted octanol–water partition coefficient (Wildman–Crippen LogP) is 2.67. The number of para-hydroxylation sites is 1. The number of nitrogen functional groups attached to an aromatic ring is 1. The molecule has 1 aromatic carbocycles. The molecule has 1 unspecified atom stereocenters. The maximum Gasteiger partial charge on any atom is 0.202 e. The summed E-state index contributed by atoms with van der Waals surface area (Å²) in [6.07, 6.45) is 2.51. The van der Waals surface area contributed by atoms with Crippen molar-refractivity contribution in [2.75, 3.05) is 5.73 Å². The molecule has 3 heterocycles. The quantitative estimate of drug-likeness (QED) is 0.790. The number of nitrogens with two attached hydrogens (primary N) is 1. The minimum Gasteiger partial charge on any atom is -0.488 e. The molecule has 2 N–H and O–H groups in total. The number of aromatic nitrogens is 3. The fraction of sp³-hybridized carbons (Fsp3) is 0.200. The molecule has 1 aliphatic heterocycles. The third-order valence-electron chi connectivity index (χ3n) is 3.68. The molecule has 0 saturated carbocycles. The third-order valence-corrected chi connectivity index (χ3v) is 3.89. The Morgan fingerprint density at radius 1 is 1.38 bits per heavy atom. The molecular formula is C15H13ClN4O. The van der Waals surface area contributed by atoms with Crippen LogP contribution in [0.1, 0.15) is 5.56 Å². The molecule has 0 radical (unpaired) electrons. The highest BCUT2D eigenvalue weighted by Gasteiger charge is 2.24. The van der Waals surface area contributed by atoms with E-state index in [1.165, 1.54) is 5.56 Å². The van der Waals surface area contributed by atoms with Gasteiger partial charge in [0.2, 0.25) is 5.95 Å². The van der Waals surface area contributed by atoms with Gasteiger partial charge < -0.3 is 10.5 Å². The van der Waals surface area contributed by atoms with E-state index >= 15 is 0 Å². The Balaban J connectivity index is 1.65. The number of benzene rings is 1. The van der Waals surface area contributed by atoms with Crippen LogP contribution in [0.2, 0.25) is 5.02 Å². The summed E-state index contributed by atoms with van der Waals surface area (Å²) in [6, 6.07) is 9.84. The second kappa shape index (κ2) is 4.63. The lowest BCUT2D eigenvalue weighted by atomic mass is 10.1. The molecule has 0 aliphatic carbocycles. The highest BCUT2D eigenvalue weighted by atomic mass is 35.5. The van der Waals surface area contributed by atoms with E-state index in [1.54, 1.807) is 12.3 Å². The molecule has 0 saturated heterocycles. The van der Waals surface area contributed by atoms with Gasteiger partial charge in [-0.3, -0.25) is 4.57 Å². The zero-order valence-electron chi connectivity index (χ0n) is 11.2. The number of anilines is 1. The van der Waals surface area contributed by atoms with Crippen molar-refractivity contribution in [2.45, 2.75) is 19.1 Å². The monoisotopic (exact) mass is 300 g/mol. The Morgan fingerprint density at radius 2 is 2.24 bits per heavy atom. The average Bonchev–Trinajstić information content (AvgIpc) is 3.00. The van der Waals surface area contributed by atoms with E-state index in [0.717, 1.165) is 17.8 Å². The maximum absolute atomic E-state index is 6.00. The van der Waals surface area contributed by atoms with Crippen molar-refractivity contribution in [2.24, 2.45) is 0 Å². The minimum absolute atomic E-state index is 0.0413. The highest BCUT2D eigenvalue weighted by Crippen LogP contribution is 2.30. The van der Waals surface area contributed by atoms with Gasteiger partial charge in [-0.2, -0.15) is 0 Å². The summed E-state index contributed by atoms with van der Waals surface area (Å²) in [4.78, 5) is 8.63. The van der Waals surface area contributed by atoms with Crippen LogP contribution >= 0.6 is 11.6 Å². The summed E-state index contributed by atoms with van der Waals surface area (Å²) in [5.41, 5.74) is 8.66. The van der Waals surface area contributed by atoms with E-state index in [9.17, 15) is 0 Å². The number of imidazole rings is 1. The molecule has 0 bridgehead atoms. The Kier molecular flexibility index (Phi) is 2.75. The van der Waals surface area contributed by atoms with Crippen LogP contribution in [0.15, 0.2) is 36.5 Å². The summed E-state index contributed by atoms with van der Waals surface area (Å²) in [5, 5.41) is 0.552. The number of halogens is 1. The van der Waals surface area contributed by atoms with Crippen LogP contribution in [-0.2, 0) is 13.0 Å². The lowest BCUT2D eigenvalue weighted by Crippen LogP contribution is -2.22. The molecule has 6 heteroatoms. The molecule has 0 fully saturated rings.